The molecule has 1 aliphatic rings. The van der Waals surface area contributed by atoms with Gasteiger partial charge in [0.2, 0.25) is 0 Å². The predicted molar refractivity (Wildman–Crippen MR) is 379 cm³/mol. The number of rotatable bonds is 30. The highest BCUT2D eigenvalue weighted by molar-refractivity contribution is 5.94. The molecule has 0 saturated carbocycles. The lowest BCUT2D eigenvalue weighted by Crippen LogP contribution is -2.56. The SMILES string of the molecule is CC#CC#CC#CC#CC#CC#CC#CC#CC#CC#CC#CC#CC(=O)N[C@@H](CO[C@H]1OC(CN=[N+]=[N-])[C@H](OCc2ccccc2)[C@H](C)C1C)[C@H](OCc1ccccc1)[C@@H](CCCCCCCCCCCCCC)OCc1ccccc1.[HH].[HH].[HH].[HH].[HH].[HH].[HH].[HH].[HH].[HH].[HH].[HH].[HH].[HH].[HH].[HH].[HH].[HH].[HH].[HH].[HH].[HH].[HH].[HH]. The fourth-order valence-electron chi connectivity index (χ4n) is 8.69. The van der Waals surface area contributed by atoms with Crippen molar-refractivity contribution in [3.8, 4) is 142 Å². The minimum absolute atomic E-state index is 0. The number of carbonyl (C=O) groups is 1. The maximum absolute atomic E-state index is 14.0. The van der Waals surface area contributed by atoms with E-state index >= 15 is 0 Å². The van der Waals surface area contributed by atoms with Crippen molar-refractivity contribution in [3.63, 3.8) is 0 Å². The van der Waals surface area contributed by atoms with Gasteiger partial charge in [-0.25, -0.2) is 0 Å². The molecule has 1 fully saturated rings. The van der Waals surface area contributed by atoms with Crippen molar-refractivity contribution >= 4 is 5.91 Å². The Morgan fingerprint density at radius 2 is 0.988 bits per heavy atom. The van der Waals surface area contributed by atoms with Gasteiger partial charge in [-0.2, -0.15) is 0 Å². The molecule has 0 aliphatic carbocycles. The van der Waals surface area contributed by atoms with Crippen LogP contribution in [0.15, 0.2) is 96.1 Å². The average molecular weight is 1150 g/mol. The largest absolute Gasteiger partial charge is 0.371 e. The molecule has 0 bridgehead atoms. The monoisotopic (exact) mass is 1150 g/mol. The Morgan fingerprint density at radius 3 is 1.45 bits per heavy atom. The third-order valence-electron chi connectivity index (χ3n) is 13.1. The van der Waals surface area contributed by atoms with Crippen molar-refractivity contribution in [1.29, 1.82) is 0 Å². The summed E-state index contributed by atoms with van der Waals surface area (Å²) < 4.78 is 33.7. The number of unbranched alkanes of at least 4 members (excludes halogenated alkanes) is 11. The molecule has 4 rings (SSSR count). The van der Waals surface area contributed by atoms with Crippen LogP contribution in [0, 0.1) is 154 Å². The van der Waals surface area contributed by atoms with Crippen LogP contribution < -0.4 is 5.32 Å². The Morgan fingerprint density at radius 1 is 0.566 bits per heavy atom. The molecule has 468 valence electrons. The summed E-state index contributed by atoms with van der Waals surface area (Å²) in [5.41, 5.74) is 12.4. The Kier molecular flexibility index (Phi) is 35.8. The van der Waals surface area contributed by atoms with Crippen LogP contribution in [0.1, 0.15) is 162 Å². The molecule has 1 saturated heterocycles. The van der Waals surface area contributed by atoms with Gasteiger partial charge in [-0.05, 0) is 136 Å². The lowest BCUT2D eigenvalue weighted by molar-refractivity contribution is -0.273. The number of hydrogen-bond donors (Lipinski definition) is 1. The molecular weight excluding hydrogens is 1030 g/mol. The van der Waals surface area contributed by atoms with E-state index in [0.717, 1.165) is 36.0 Å². The van der Waals surface area contributed by atoms with Gasteiger partial charge in [0, 0.05) is 86.5 Å². The minimum Gasteiger partial charge on any atom is -0.371 e. The van der Waals surface area contributed by atoms with E-state index in [1.54, 1.807) is 6.92 Å². The van der Waals surface area contributed by atoms with Gasteiger partial charge in [0.15, 0.2) is 6.29 Å². The zero-order valence-electron chi connectivity index (χ0n) is 48.3. The Balaban J connectivity index is -0.000000162. The number of ether oxygens (including phenoxy) is 5. The third kappa shape index (κ3) is 30.4. The number of nitrogens with one attached hydrogen (secondary N) is 1. The van der Waals surface area contributed by atoms with E-state index in [4.69, 9.17) is 23.7 Å². The fraction of sp³-hybridized carbons (Fsp3) is 0.411. The van der Waals surface area contributed by atoms with Crippen LogP contribution in [0.4, 0.5) is 0 Å². The smallest absolute Gasteiger partial charge is 0.297 e. The Labute approximate surface area is 531 Å². The first kappa shape index (κ1) is 66.5. The summed E-state index contributed by atoms with van der Waals surface area (Å²) in [6.45, 7) is 9.02. The van der Waals surface area contributed by atoms with Crippen molar-refractivity contribution in [2.75, 3.05) is 13.2 Å². The Hall–Kier alpha value is -9.04. The van der Waals surface area contributed by atoms with E-state index in [1.807, 2.05) is 97.9 Å². The highest BCUT2D eigenvalue weighted by atomic mass is 16.7. The zero-order valence-corrected chi connectivity index (χ0v) is 48.3. The van der Waals surface area contributed by atoms with Gasteiger partial charge in [-0.1, -0.05) is 200 Å². The van der Waals surface area contributed by atoms with Crippen LogP contribution in [0.25, 0.3) is 10.4 Å². The van der Waals surface area contributed by atoms with Crippen LogP contribution in [0.3, 0.4) is 0 Å². The van der Waals surface area contributed by atoms with E-state index in [0.29, 0.717) is 19.6 Å². The quantitative estimate of drug-likeness (QED) is 0.0233. The Bertz CT molecular complexity index is 3400. The van der Waals surface area contributed by atoms with Gasteiger partial charge in [0.05, 0.1) is 57.3 Å². The number of nitrogens with zero attached hydrogens (tertiary/aromatic N) is 3. The first-order valence-corrected chi connectivity index (χ1v) is 28.4. The molecule has 3 aromatic carbocycles. The normalized spacial score (nSPS) is 15.8. The highest BCUT2D eigenvalue weighted by Crippen LogP contribution is 2.35. The topological polar surface area (TPSA) is 124 Å². The van der Waals surface area contributed by atoms with Crippen molar-refractivity contribution in [2.24, 2.45) is 17.0 Å². The maximum atomic E-state index is 14.0. The molecule has 10 heteroatoms. The first-order chi connectivity index (χ1) is 40.9. The zero-order chi connectivity index (χ0) is 58.9. The average Bonchev–Trinajstić information content (AvgIpc) is 0.807. The lowest BCUT2D eigenvalue weighted by Gasteiger charge is -2.44. The van der Waals surface area contributed by atoms with Gasteiger partial charge in [-0.3, -0.25) is 4.79 Å². The standard InChI is InChI=1S/C73H72N4O6.24H2/c1-5-7-9-11-13-15-17-19-20-21-22-23-24-25-26-27-28-29-31-33-35-37-48-56-70(78)76-67(61-82-73-63(4)62(3)71(69(83-73)57-75-77-74)80-59-65-51-43-39-44-52-65)72(81-60-66-53-45-40-46-54-66)68(79-58-64-49-41-38-42-50-64)55-47-36-34-32-30-18-16-14-12-10-8-6-2;;;;;;;;;;;;;;;;;;;;;;;;/h38-46,49-54,62-63,67-69,71-73H,6,8,10,12,14,16,18,30,32,34,36,47,55,57-61H2,1-4H3,(H,76,78);24*1H/t62-,63?,67+,68-,69?,71-,72+,73+;;;;;;;;;;;;;;;;;;;;;;;;/m1......................../s1. The highest BCUT2D eigenvalue weighted by Gasteiger charge is 2.43. The third-order valence-corrected chi connectivity index (χ3v) is 13.1. The predicted octanol–water partition coefficient (Wildman–Crippen LogP) is 17.6. The molecule has 0 aromatic heterocycles. The number of amides is 1. The molecule has 0 radical (unpaired) electrons. The van der Waals surface area contributed by atoms with Gasteiger partial charge in [0.25, 0.3) is 5.91 Å². The number of benzene rings is 3. The summed E-state index contributed by atoms with van der Waals surface area (Å²) in [7, 11) is 0. The fourth-order valence-corrected chi connectivity index (χ4v) is 8.69. The number of azide groups is 1. The molecule has 3 aromatic rings. The number of hydrogen-bond acceptors (Lipinski definition) is 7. The summed E-state index contributed by atoms with van der Waals surface area (Å²) in [6, 6.07) is 29.0. The van der Waals surface area contributed by atoms with Gasteiger partial charge < -0.3 is 29.0 Å². The molecule has 1 N–H and O–H groups in total. The molecule has 1 aliphatic heterocycles. The molecule has 8 atom stereocenters. The van der Waals surface area contributed by atoms with Crippen LogP contribution in [-0.4, -0.2) is 55.8 Å². The number of carbonyl (C=O) groups excluding carboxylic acids is 1. The van der Waals surface area contributed by atoms with E-state index in [2.05, 4.69) is 171 Å². The van der Waals surface area contributed by atoms with E-state index in [1.165, 1.54) is 57.8 Å². The first-order valence-electron chi connectivity index (χ1n) is 28.4. The van der Waals surface area contributed by atoms with E-state index in [9.17, 15) is 10.3 Å². The van der Waals surface area contributed by atoms with Crippen LogP contribution in [0.5, 0.6) is 0 Å². The van der Waals surface area contributed by atoms with Crippen LogP contribution in [-0.2, 0) is 48.3 Å². The molecule has 10 nitrogen and oxygen atoms in total. The van der Waals surface area contributed by atoms with Crippen LogP contribution in [0.2, 0.25) is 0 Å². The van der Waals surface area contributed by atoms with Gasteiger partial charge >= 0.3 is 0 Å². The van der Waals surface area contributed by atoms with Crippen molar-refractivity contribution < 1.29 is 62.7 Å². The maximum Gasteiger partial charge on any atom is 0.297 e. The second kappa shape index (κ2) is 44.7. The second-order valence-electron chi connectivity index (χ2n) is 19.2. The summed E-state index contributed by atoms with van der Waals surface area (Å²) in [5.74, 6) is 60.9. The second-order valence-corrected chi connectivity index (χ2v) is 19.2. The molecule has 1 heterocycles. The minimum atomic E-state index is -0.787. The van der Waals surface area contributed by atoms with Crippen molar-refractivity contribution in [3.05, 3.63) is 118 Å². The molecule has 83 heavy (non-hydrogen) atoms. The van der Waals surface area contributed by atoms with Crippen molar-refractivity contribution in [2.45, 2.75) is 168 Å². The lowest BCUT2D eigenvalue weighted by atomic mass is 9.84. The van der Waals surface area contributed by atoms with Gasteiger partial charge in [0.1, 0.15) is 6.10 Å². The van der Waals surface area contributed by atoms with E-state index < -0.39 is 42.7 Å². The van der Waals surface area contributed by atoms with E-state index in [-0.39, 0.29) is 65.8 Å². The summed E-state index contributed by atoms with van der Waals surface area (Å²) >= 11 is 0. The van der Waals surface area contributed by atoms with Gasteiger partial charge in [-0.15, -0.1) is 0 Å². The molecule has 0 spiro atoms. The summed E-state index contributed by atoms with van der Waals surface area (Å²) in [5, 5.41) is 7.03. The summed E-state index contributed by atoms with van der Waals surface area (Å²) in [6.07, 6.45) is 12.3. The summed E-state index contributed by atoms with van der Waals surface area (Å²) in [4.78, 5) is 17.0. The molecule has 2 unspecified atom stereocenters. The molecular formula is C73H120N4O6. The molecule has 1 amide bonds. The van der Waals surface area contributed by atoms with Crippen LogP contribution >= 0.6 is 0 Å². The van der Waals surface area contributed by atoms with Crippen molar-refractivity contribution in [1.82, 2.24) is 5.32 Å².